The van der Waals surface area contributed by atoms with Crippen LogP contribution < -0.4 is 9.47 Å². The summed E-state index contributed by atoms with van der Waals surface area (Å²) in [5.41, 5.74) is 2.13. The van der Waals surface area contributed by atoms with Gasteiger partial charge in [-0.2, -0.15) is 4.57 Å². The number of hydrogen-bond donors (Lipinski definition) is 0. The van der Waals surface area contributed by atoms with E-state index in [1.807, 2.05) is 54.6 Å². The number of thiazole rings is 1. The number of aryl methyl sites for hydroxylation is 1. The van der Waals surface area contributed by atoms with E-state index in [2.05, 4.69) is 41.8 Å². The van der Waals surface area contributed by atoms with Crippen molar-refractivity contribution in [1.29, 1.82) is 0 Å². The molecule has 0 aliphatic rings. The van der Waals surface area contributed by atoms with Crippen LogP contribution in [0.2, 0.25) is 0 Å². The molecule has 1 heterocycles. The smallest absolute Gasteiger partial charge is 0.262 e. The number of aromatic nitrogens is 1. The maximum atomic E-state index is 11.8. The normalized spacial score (nSPS) is 11.9. The molecular formula is C23H23N2OS+. The minimum absolute atomic E-state index is 0.0179. The predicted molar refractivity (Wildman–Crippen MR) is 115 cm³/mol. The van der Waals surface area contributed by atoms with Crippen molar-refractivity contribution in [3.05, 3.63) is 90.1 Å². The van der Waals surface area contributed by atoms with Crippen LogP contribution in [0.25, 0.3) is 16.3 Å². The molecule has 27 heavy (non-hydrogen) atoms. The fourth-order valence-corrected chi connectivity index (χ4v) is 4.01. The van der Waals surface area contributed by atoms with Gasteiger partial charge in [0, 0.05) is 31.0 Å². The van der Waals surface area contributed by atoms with Gasteiger partial charge in [-0.1, -0.05) is 59.9 Å². The molecule has 0 aliphatic carbocycles. The van der Waals surface area contributed by atoms with Gasteiger partial charge in [0.05, 0.1) is 0 Å². The number of rotatable bonds is 6. The highest BCUT2D eigenvalue weighted by Crippen LogP contribution is 2.21. The molecule has 0 unspecified atom stereocenters. The first-order chi connectivity index (χ1) is 13.2. The van der Waals surface area contributed by atoms with Crippen molar-refractivity contribution in [2.45, 2.75) is 20.4 Å². The van der Waals surface area contributed by atoms with Crippen LogP contribution in [0.5, 0.6) is 0 Å². The summed E-state index contributed by atoms with van der Waals surface area (Å²) >= 11 is 1.79. The van der Waals surface area contributed by atoms with Gasteiger partial charge < -0.3 is 0 Å². The quantitative estimate of drug-likeness (QED) is 0.421. The molecule has 0 bridgehead atoms. The van der Waals surface area contributed by atoms with Crippen molar-refractivity contribution in [1.82, 2.24) is 0 Å². The largest absolute Gasteiger partial charge is 0.288 e. The van der Waals surface area contributed by atoms with E-state index in [1.54, 1.807) is 29.4 Å². The molecule has 3 nitrogen and oxygen atoms in total. The van der Waals surface area contributed by atoms with Gasteiger partial charge in [-0.05, 0) is 31.2 Å². The predicted octanol–water partition coefficient (Wildman–Crippen LogP) is 5.34. The Morgan fingerprint density at radius 1 is 1.00 bits per heavy atom. The van der Waals surface area contributed by atoms with Gasteiger partial charge in [-0.15, -0.1) is 0 Å². The van der Waals surface area contributed by atoms with Crippen molar-refractivity contribution >= 4 is 39.2 Å². The standard InChI is InChI=1S/C23H23N2OS/c1-3-24-21-15-10-11-16-22(21)27-23(24)17-9-4-5-12-18-25(19(2)26)20-13-7-6-8-14-20/h4-18H,3H2,1-2H3/q+1. The van der Waals surface area contributed by atoms with Gasteiger partial charge in [0.1, 0.15) is 11.2 Å². The molecule has 1 amide bonds. The summed E-state index contributed by atoms with van der Waals surface area (Å²) in [4.78, 5) is 13.5. The third-order valence-electron chi connectivity index (χ3n) is 4.13. The lowest BCUT2D eigenvalue weighted by Gasteiger charge is -2.15. The van der Waals surface area contributed by atoms with Crippen LogP contribution in [0.15, 0.2) is 85.1 Å². The molecule has 0 atom stereocenters. The molecule has 0 saturated heterocycles. The lowest BCUT2D eigenvalue weighted by atomic mass is 10.3. The minimum atomic E-state index is -0.0179. The highest BCUT2D eigenvalue weighted by atomic mass is 32.1. The first kappa shape index (κ1) is 18.8. The van der Waals surface area contributed by atoms with Crippen molar-refractivity contribution in [3.63, 3.8) is 0 Å². The Kier molecular flexibility index (Phi) is 6.34. The number of fused-ring (bicyclic) bond motifs is 1. The molecule has 0 fully saturated rings. The van der Waals surface area contributed by atoms with Crippen LogP contribution >= 0.6 is 11.3 Å². The second-order valence-electron chi connectivity index (χ2n) is 5.96. The fraction of sp³-hybridized carbons (Fsp3) is 0.130. The van der Waals surface area contributed by atoms with E-state index >= 15 is 0 Å². The number of allylic oxidation sites excluding steroid dienone is 4. The SMILES string of the molecule is CC[n+]1c(/C=C/C=C/C=C/N(C(C)=O)c2ccccc2)sc2ccccc21. The van der Waals surface area contributed by atoms with Crippen LogP contribution in [0.3, 0.4) is 0 Å². The third-order valence-corrected chi connectivity index (χ3v) is 5.26. The van der Waals surface area contributed by atoms with E-state index in [1.165, 1.54) is 15.2 Å². The second-order valence-corrected chi connectivity index (χ2v) is 7.02. The highest BCUT2D eigenvalue weighted by molar-refractivity contribution is 7.18. The minimum Gasteiger partial charge on any atom is -0.288 e. The van der Waals surface area contributed by atoms with Gasteiger partial charge in [0.2, 0.25) is 11.4 Å². The number of para-hydroxylation sites is 2. The summed E-state index contributed by atoms with van der Waals surface area (Å²) in [7, 11) is 0. The number of carbonyl (C=O) groups excluding carboxylic acids is 1. The molecule has 136 valence electrons. The van der Waals surface area contributed by atoms with E-state index in [9.17, 15) is 4.79 Å². The molecule has 3 rings (SSSR count). The first-order valence-corrected chi connectivity index (χ1v) is 9.80. The summed E-state index contributed by atoms with van der Waals surface area (Å²) in [6.07, 6.45) is 11.7. The maximum absolute atomic E-state index is 11.8. The molecule has 0 radical (unpaired) electrons. The highest BCUT2D eigenvalue weighted by Gasteiger charge is 2.15. The van der Waals surface area contributed by atoms with Crippen LogP contribution in [0, 0.1) is 0 Å². The molecular weight excluding hydrogens is 352 g/mol. The molecule has 4 heteroatoms. The summed E-state index contributed by atoms with van der Waals surface area (Å²) < 4.78 is 3.61. The number of hydrogen-bond acceptors (Lipinski definition) is 2. The van der Waals surface area contributed by atoms with Crippen molar-refractivity contribution in [3.8, 4) is 0 Å². The molecule has 0 saturated carbocycles. The molecule has 0 aliphatic heterocycles. The number of amides is 1. The zero-order valence-electron chi connectivity index (χ0n) is 15.6. The van der Waals surface area contributed by atoms with E-state index in [-0.39, 0.29) is 5.91 Å². The zero-order valence-corrected chi connectivity index (χ0v) is 16.4. The summed E-state index contributed by atoms with van der Waals surface area (Å²) in [6.45, 7) is 4.67. The number of nitrogens with zero attached hydrogens (tertiary/aromatic N) is 2. The molecule has 0 N–H and O–H groups in total. The number of anilines is 1. The first-order valence-electron chi connectivity index (χ1n) is 8.98. The summed E-state index contributed by atoms with van der Waals surface area (Å²) in [5.74, 6) is -0.0179. The Bertz CT molecular complexity index is 1000. The Labute approximate surface area is 164 Å². The van der Waals surface area contributed by atoms with Crippen LogP contribution in [0.4, 0.5) is 5.69 Å². The van der Waals surface area contributed by atoms with E-state index < -0.39 is 0 Å². The van der Waals surface area contributed by atoms with Gasteiger partial charge in [-0.25, -0.2) is 0 Å². The number of carbonyl (C=O) groups is 1. The van der Waals surface area contributed by atoms with E-state index in [0.717, 1.165) is 12.2 Å². The van der Waals surface area contributed by atoms with Crippen molar-refractivity contribution in [2.75, 3.05) is 4.90 Å². The lowest BCUT2D eigenvalue weighted by molar-refractivity contribution is -0.665. The van der Waals surface area contributed by atoms with Gasteiger partial charge in [0.25, 0.3) is 5.01 Å². The fourth-order valence-electron chi connectivity index (χ4n) is 2.87. The second kappa shape index (κ2) is 9.10. The van der Waals surface area contributed by atoms with Gasteiger partial charge >= 0.3 is 0 Å². The summed E-state index contributed by atoms with van der Waals surface area (Å²) in [6, 6.07) is 18.1. The monoisotopic (exact) mass is 375 g/mol. The van der Waals surface area contributed by atoms with Crippen molar-refractivity contribution < 1.29 is 9.36 Å². The Balaban J connectivity index is 1.70. The van der Waals surface area contributed by atoms with Gasteiger partial charge in [0.15, 0.2) is 0 Å². The van der Waals surface area contributed by atoms with E-state index in [0.29, 0.717) is 0 Å². The van der Waals surface area contributed by atoms with Crippen LogP contribution in [-0.2, 0) is 11.3 Å². The molecule has 0 spiro atoms. The third kappa shape index (κ3) is 4.60. The van der Waals surface area contributed by atoms with Crippen LogP contribution in [0.1, 0.15) is 18.9 Å². The Morgan fingerprint density at radius 3 is 2.44 bits per heavy atom. The van der Waals surface area contributed by atoms with Gasteiger partial charge in [-0.3, -0.25) is 9.69 Å². The van der Waals surface area contributed by atoms with Crippen LogP contribution in [-0.4, -0.2) is 5.91 Å². The average molecular weight is 376 g/mol. The average Bonchev–Trinajstić information content (AvgIpc) is 3.05. The Morgan fingerprint density at radius 2 is 1.70 bits per heavy atom. The molecule has 1 aromatic heterocycles. The van der Waals surface area contributed by atoms with E-state index in [4.69, 9.17) is 0 Å². The lowest BCUT2D eigenvalue weighted by Crippen LogP contribution is -2.33. The van der Waals surface area contributed by atoms with Crippen molar-refractivity contribution in [2.24, 2.45) is 0 Å². The topological polar surface area (TPSA) is 24.2 Å². The zero-order chi connectivity index (χ0) is 19.1. The maximum Gasteiger partial charge on any atom is 0.262 e. The Hall–Kier alpha value is -2.98. The summed E-state index contributed by atoms with van der Waals surface area (Å²) in [5, 5.41) is 1.22. The number of benzene rings is 2. The molecule has 2 aromatic carbocycles. The molecule has 3 aromatic rings.